The SMILES string of the molecule is CCNC(c1cc(Cl)c(Br)s1)c1c(F)cccc1Br. The summed E-state index contributed by atoms with van der Waals surface area (Å²) in [6.45, 7) is 2.73. The average Bonchev–Trinajstić information content (AvgIpc) is 2.68. The van der Waals surface area contributed by atoms with E-state index in [9.17, 15) is 4.39 Å². The molecule has 0 radical (unpaired) electrons. The van der Waals surface area contributed by atoms with Gasteiger partial charge in [-0.15, -0.1) is 11.3 Å². The Balaban J connectivity index is 2.51. The maximum Gasteiger partial charge on any atom is 0.129 e. The van der Waals surface area contributed by atoms with E-state index in [-0.39, 0.29) is 11.9 Å². The molecular weight excluding hydrogens is 416 g/mol. The molecule has 0 fully saturated rings. The Morgan fingerprint density at radius 1 is 1.42 bits per heavy atom. The van der Waals surface area contributed by atoms with Gasteiger partial charge in [0.1, 0.15) is 5.82 Å². The van der Waals surface area contributed by atoms with Gasteiger partial charge in [-0.3, -0.25) is 0 Å². The van der Waals surface area contributed by atoms with Crippen LogP contribution in [0.5, 0.6) is 0 Å². The summed E-state index contributed by atoms with van der Waals surface area (Å²) >= 11 is 14.4. The van der Waals surface area contributed by atoms with Crippen molar-refractivity contribution in [2.75, 3.05) is 6.54 Å². The third-order valence-electron chi connectivity index (χ3n) is 2.65. The maximum absolute atomic E-state index is 14.1. The summed E-state index contributed by atoms with van der Waals surface area (Å²) in [6, 6.07) is 6.64. The van der Waals surface area contributed by atoms with Crippen molar-refractivity contribution >= 4 is 54.8 Å². The minimum absolute atomic E-state index is 0.214. The van der Waals surface area contributed by atoms with Crippen molar-refractivity contribution in [3.05, 3.63) is 53.8 Å². The zero-order valence-corrected chi connectivity index (χ0v) is 14.8. The summed E-state index contributed by atoms with van der Waals surface area (Å²) in [5, 5.41) is 3.95. The first kappa shape index (κ1) is 15.4. The van der Waals surface area contributed by atoms with Gasteiger partial charge in [-0.05, 0) is 40.7 Å². The Morgan fingerprint density at radius 3 is 2.68 bits per heavy atom. The number of halogens is 4. The van der Waals surface area contributed by atoms with E-state index in [1.807, 2.05) is 19.1 Å². The Kier molecular flexibility index (Phi) is 5.43. The highest BCUT2D eigenvalue weighted by molar-refractivity contribution is 9.11. The summed E-state index contributed by atoms with van der Waals surface area (Å²) in [7, 11) is 0. The van der Waals surface area contributed by atoms with Crippen LogP contribution in [0.1, 0.15) is 23.4 Å². The predicted molar refractivity (Wildman–Crippen MR) is 86.6 cm³/mol. The number of nitrogens with one attached hydrogen (secondary N) is 1. The van der Waals surface area contributed by atoms with Gasteiger partial charge in [0.15, 0.2) is 0 Å². The van der Waals surface area contributed by atoms with Gasteiger partial charge < -0.3 is 5.32 Å². The topological polar surface area (TPSA) is 12.0 Å². The van der Waals surface area contributed by atoms with Gasteiger partial charge in [-0.25, -0.2) is 4.39 Å². The van der Waals surface area contributed by atoms with E-state index in [0.29, 0.717) is 10.6 Å². The summed E-state index contributed by atoms with van der Waals surface area (Å²) in [4.78, 5) is 0.976. The van der Waals surface area contributed by atoms with E-state index in [1.54, 1.807) is 6.07 Å². The molecule has 19 heavy (non-hydrogen) atoms. The molecule has 1 unspecified atom stereocenters. The smallest absolute Gasteiger partial charge is 0.129 e. The van der Waals surface area contributed by atoms with E-state index in [2.05, 4.69) is 37.2 Å². The number of hydrogen-bond acceptors (Lipinski definition) is 2. The van der Waals surface area contributed by atoms with Crippen LogP contribution in [0.3, 0.4) is 0 Å². The summed E-state index contributed by atoms with van der Waals surface area (Å²) in [6.07, 6.45) is 0. The van der Waals surface area contributed by atoms with Crippen LogP contribution in [0.2, 0.25) is 5.02 Å². The molecule has 0 spiro atoms. The molecular formula is C13H11Br2ClFNS. The summed E-state index contributed by atoms with van der Waals surface area (Å²) < 4.78 is 15.7. The fraction of sp³-hybridized carbons (Fsp3) is 0.231. The molecule has 0 aliphatic heterocycles. The third-order valence-corrected chi connectivity index (χ3v) is 5.88. The van der Waals surface area contributed by atoms with Crippen LogP contribution in [-0.2, 0) is 0 Å². The van der Waals surface area contributed by atoms with Gasteiger partial charge in [0.05, 0.1) is 14.9 Å². The maximum atomic E-state index is 14.1. The van der Waals surface area contributed by atoms with E-state index in [0.717, 1.165) is 19.7 Å². The van der Waals surface area contributed by atoms with Crippen molar-refractivity contribution < 1.29 is 4.39 Å². The first-order valence-electron chi connectivity index (χ1n) is 5.66. The van der Waals surface area contributed by atoms with E-state index in [1.165, 1.54) is 17.4 Å². The van der Waals surface area contributed by atoms with E-state index < -0.39 is 0 Å². The largest absolute Gasteiger partial charge is 0.306 e. The molecule has 1 aromatic heterocycles. The zero-order chi connectivity index (χ0) is 14.0. The van der Waals surface area contributed by atoms with Gasteiger partial charge >= 0.3 is 0 Å². The molecule has 0 saturated carbocycles. The van der Waals surface area contributed by atoms with Crippen LogP contribution in [-0.4, -0.2) is 6.54 Å². The Morgan fingerprint density at radius 2 is 2.16 bits per heavy atom. The van der Waals surface area contributed by atoms with Crippen molar-refractivity contribution in [2.45, 2.75) is 13.0 Å². The number of hydrogen-bond donors (Lipinski definition) is 1. The Bertz CT molecular complexity index is 548. The monoisotopic (exact) mass is 425 g/mol. The zero-order valence-electron chi connectivity index (χ0n) is 10.0. The molecule has 2 aromatic rings. The van der Waals surface area contributed by atoms with Gasteiger partial charge in [0.25, 0.3) is 0 Å². The number of rotatable bonds is 4. The number of thiophene rings is 1. The molecule has 1 atom stereocenters. The van der Waals surface area contributed by atoms with E-state index >= 15 is 0 Å². The fourth-order valence-corrected chi connectivity index (χ4v) is 4.24. The van der Waals surface area contributed by atoms with Gasteiger partial charge in [-0.2, -0.15) is 0 Å². The van der Waals surface area contributed by atoms with Crippen LogP contribution in [0.25, 0.3) is 0 Å². The molecule has 1 aromatic carbocycles. The van der Waals surface area contributed by atoms with Crippen LogP contribution in [0, 0.1) is 5.82 Å². The Hall–Kier alpha value is 0.0600. The second-order valence-corrected chi connectivity index (χ2v) is 7.56. The lowest BCUT2D eigenvalue weighted by Gasteiger charge is -2.19. The fourth-order valence-electron chi connectivity index (χ4n) is 1.84. The first-order chi connectivity index (χ1) is 9.04. The molecule has 0 amide bonds. The van der Waals surface area contributed by atoms with Crippen molar-refractivity contribution in [2.24, 2.45) is 0 Å². The second kappa shape index (κ2) is 6.68. The molecule has 0 aliphatic carbocycles. The van der Waals surface area contributed by atoms with Gasteiger partial charge in [-0.1, -0.05) is 40.5 Å². The highest BCUT2D eigenvalue weighted by atomic mass is 79.9. The molecule has 6 heteroatoms. The standard InChI is InChI=1S/C13H11Br2ClFNS/c1-2-18-12(10-6-8(16)13(15)19-10)11-7(14)4-3-5-9(11)17/h3-6,12,18H,2H2,1H3. The molecule has 0 bridgehead atoms. The highest BCUT2D eigenvalue weighted by Crippen LogP contribution is 2.39. The van der Waals surface area contributed by atoms with E-state index in [4.69, 9.17) is 11.6 Å². The minimum atomic E-state index is -0.235. The lowest BCUT2D eigenvalue weighted by molar-refractivity contribution is 0.561. The van der Waals surface area contributed by atoms with Crippen LogP contribution in [0.15, 0.2) is 32.5 Å². The van der Waals surface area contributed by atoms with Crippen molar-refractivity contribution in [1.82, 2.24) is 5.32 Å². The van der Waals surface area contributed by atoms with Gasteiger partial charge in [0, 0.05) is 14.9 Å². The minimum Gasteiger partial charge on any atom is -0.306 e. The molecule has 0 saturated heterocycles. The molecule has 1 N–H and O–H groups in total. The van der Waals surface area contributed by atoms with Crippen molar-refractivity contribution in [1.29, 1.82) is 0 Å². The molecule has 1 heterocycles. The van der Waals surface area contributed by atoms with Crippen LogP contribution < -0.4 is 5.32 Å². The predicted octanol–water partition coefficient (Wildman–Crippen LogP) is 5.76. The quantitative estimate of drug-likeness (QED) is 0.654. The second-order valence-electron chi connectivity index (χ2n) is 3.90. The molecule has 102 valence electrons. The molecule has 2 rings (SSSR count). The molecule has 0 aliphatic rings. The normalized spacial score (nSPS) is 12.7. The number of benzene rings is 1. The highest BCUT2D eigenvalue weighted by Gasteiger charge is 2.22. The lowest BCUT2D eigenvalue weighted by Crippen LogP contribution is -2.22. The average molecular weight is 428 g/mol. The van der Waals surface area contributed by atoms with Gasteiger partial charge in [0.2, 0.25) is 0 Å². The van der Waals surface area contributed by atoms with Crippen molar-refractivity contribution in [3.63, 3.8) is 0 Å². The third kappa shape index (κ3) is 3.39. The summed E-state index contributed by atoms with van der Waals surface area (Å²) in [5.41, 5.74) is 0.606. The summed E-state index contributed by atoms with van der Waals surface area (Å²) in [5.74, 6) is -0.235. The van der Waals surface area contributed by atoms with Crippen LogP contribution >= 0.6 is 54.8 Å². The first-order valence-corrected chi connectivity index (χ1v) is 8.44. The lowest BCUT2D eigenvalue weighted by atomic mass is 10.0. The Labute approximate surface area is 137 Å². The molecule has 1 nitrogen and oxygen atoms in total. The van der Waals surface area contributed by atoms with Crippen molar-refractivity contribution in [3.8, 4) is 0 Å². The van der Waals surface area contributed by atoms with Crippen LogP contribution in [0.4, 0.5) is 4.39 Å².